The zero-order valence-corrected chi connectivity index (χ0v) is 7.89. The fourth-order valence-corrected chi connectivity index (χ4v) is 1.39. The minimum absolute atomic E-state index is 0.102. The molecule has 0 aromatic heterocycles. The molecular weight excluding hydrogens is 182 g/mol. The third-order valence-corrected chi connectivity index (χ3v) is 2.40. The average Bonchev–Trinajstić information content (AvgIpc) is 1.85. The van der Waals surface area contributed by atoms with Crippen molar-refractivity contribution in [2.75, 3.05) is 19.1 Å². The second-order valence-corrected chi connectivity index (χ2v) is 4.86. The molecule has 0 heterocycles. The van der Waals surface area contributed by atoms with Crippen molar-refractivity contribution in [2.45, 2.75) is 12.5 Å². The van der Waals surface area contributed by atoms with Crippen LogP contribution >= 0.6 is 0 Å². The molecule has 0 bridgehead atoms. The Bertz CT molecular complexity index is 246. The quantitative estimate of drug-likeness (QED) is 0.593. The van der Waals surface area contributed by atoms with Crippen LogP contribution in [0.2, 0.25) is 0 Å². The van der Waals surface area contributed by atoms with Crippen molar-refractivity contribution in [1.29, 1.82) is 0 Å². The fraction of sp³-hybridized carbons (Fsp3) is 0.833. The number of sulfone groups is 1. The summed E-state index contributed by atoms with van der Waals surface area (Å²) in [7, 11) is -1.58. The largest absolute Gasteiger partial charge is 0.480 e. The maximum Gasteiger partial charge on any atom is 0.320 e. The number of hydrogen-bond donors (Lipinski definition) is 2. The molecule has 1 atom stereocenters. The first-order chi connectivity index (χ1) is 5.37. The lowest BCUT2D eigenvalue weighted by molar-refractivity contribution is -0.139. The van der Waals surface area contributed by atoms with Crippen LogP contribution in [0.1, 0.15) is 6.42 Å². The van der Waals surface area contributed by atoms with Gasteiger partial charge in [-0.3, -0.25) is 4.79 Å². The summed E-state index contributed by atoms with van der Waals surface area (Å²) in [6.45, 7) is 0. The molecule has 0 aliphatic rings. The summed E-state index contributed by atoms with van der Waals surface area (Å²) >= 11 is 0. The van der Waals surface area contributed by atoms with Gasteiger partial charge in [-0.15, -0.1) is 0 Å². The van der Waals surface area contributed by atoms with E-state index in [0.29, 0.717) is 0 Å². The summed E-state index contributed by atoms with van der Waals surface area (Å²) < 4.78 is 21.3. The number of carboxylic acid groups (broad SMARTS) is 1. The van der Waals surface area contributed by atoms with Crippen LogP contribution in [0, 0.1) is 0 Å². The Kier molecular flexibility index (Phi) is 4.19. The highest BCUT2D eigenvalue weighted by Crippen LogP contribution is 1.95. The molecule has 0 amide bonds. The first-order valence-corrected chi connectivity index (χ1v) is 5.50. The van der Waals surface area contributed by atoms with Crippen molar-refractivity contribution in [2.24, 2.45) is 0 Å². The van der Waals surface area contributed by atoms with E-state index < -0.39 is 21.8 Å². The van der Waals surface area contributed by atoms with Gasteiger partial charge in [-0.05, 0) is 13.5 Å². The number of carboxylic acids is 1. The van der Waals surface area contributed by atoms with Gasteiger partial charge in [0.25, 0.3) is 0 Å². The van der Waals surface area contributed by atoms with E-state index in [2.05, 4.69) is 5.32 Å². The molecule has 6 heteroatoms. The Hall–Kier alpha value is -0.620. The first-order valence-electron chi connectivity index (χ1n) is 3.44. The first kappa shape index (κ1) is 11.4. The van der Waals surface area contributed by atoms with Crippen LogP contribution in [-0.4, -0.2) is 44.6 Å². The van der Waals surface area contributed by atoms with Crippen molar-refractivity contribution in [3.8, 4) is 0 Å². The Morgan fingerprint density at radius 3 is 2.33 bits per heavy atom. The van der Waals surface area contributed by atoms with Crippen molar-refractivity contribution in [3.63, 3.8) is 0 Å². The van der Waals surface area contributed by atoms with E-state index in [1.807, 2.05) is 0 Å². The van der Waals surface area contributed by atoms with Gasteiger partial charge in [0.1, 0.15) is 15.9 Å². The topological polar surface area (TPSA) is 83.5 Å². The van der Waals surface area contributed by atoms with E-state index >= 15 is 0 Å². The highest BCUT2D eigenvalue weighted by molar-refractivity contribution is 7.90. The van der Waals surface area contributed by atoms with Gasteiger partial charge < -0.3 is 10.4 Å². The van der Waals surface area contributed by atoms with E-state index in [1.165, 1.54) is 7.05 Å². The van der Waals surface area contributed by atoms with Gasteiger partial charge in [0.2, 0.25) is 0 Å². The molecule has 12 heavy (non-hydrogen) atoms. The van der Waals surface area contributed by atoms with Gasteiger partial charge in [0.15, 0.2) is 0 Å². The molecule has 0 spiro atoms. The molecule has 0 saturated carbocycles. The van der Waals surface area contributed by atoms with E-state index in [0.717, 1.165) is 6.26 Å². The van der Waals surface area contributed by atoms with Gasteiger partial charge in [-0.2, -0.15) is 0 Å². The van der Waals surface area contributed by atoms with Crippen molar-refractivity contribution < 1.29 is 18.3 Å². The molecule has 0 aliphatic heterocycles. The maximum absolute atomic E-state index is 10.7. The van der Waals surface area contributed by atoms with Crippen molar-refractivity contribution >= 4 is 15.8 Å². The lowest BCUT2D eigenvalue weighted by Crippen LogP contribution is -2.35. The summed E-state index contributed by atoms with van der Waals surface area (Å²) in [4.78, 5) is 10.4. The number of hydrogen-bond acceptors (Lipinski definition) is 4. The highest BCUT2D eigenvalue weighted by atomic mass is 32.2. The Morgan fingerprint density at radius 1 is 1.58 bits per heavy atom. The van der Waals surface area contributed by atoms with Crippen LogP contribution in [0.5, 0.6) is 0 Å². The molecule has 0 aliphatic carbocycles. The second-order valence-electron chi connectivity index (χ2n) is 2.60. The maximum atomic E-state index is 10.7. The molecular formula is C6H13NO4S. The van der Waals surface area contributed by atoms with Gasteiger partial charge in [0, 0.05) is 6.26 Å². The molecule has 0 aromatic carbocycles. The van der Waals surface area contributed by atoms with Crippen molar-refractivity contribution in [3.05, 3.63) is 0 Å². The zero-order valence-electron chi connectivity index (χ0n) is 7.07. The zero-order chi connectivity index (χ0) is 9.78. The van der Waals surface area contributed by atoms with E-state index in [-0.39, 0.29) is 12.2 Å². The summed E-state index contributed by atoms with van der Waals surface area (Å²) in [6.07, 6.45) is 1.19. The molecule has 1 unspecified atom stereocenters. The Balaban J connectivity index is 3.98. The molecule has 72 valence electrons. The number of nitrogens with one attached hydrogen (secondary N) is 1. The number of rotatable bonds is 5. The normalized spacial score (nSPS) is 14.2. The standard InChI is InChI=1S/C6H13NO4S/c1-7-5(6(8)9)3-4-12(2,10)11/h5,7H,3-4H2,1-2H3,(H,8,9). The molecule has 5 nitrogen and oxygen atoms in total. The average molecular weight is 195 g/mol. The monoisotopic (exact) mass is 195 g/mol. The lowest BCUT2D eigenvalue weighted by atomic mass is 10.2. The molecule has 2 N–H and O–H groups in total. The molecule has 0 radical (unpaired) electrons. The molecule has 0 aromatic rings. The van der Waals surface area contributed by atoms with Crippen molar-refractivity contribution in [1.82, 2.24) is 5.32 Å². The van der Waals surface area contributed by atoms with E-state index in [1.54, 1.807) is 0 Å². The van der Waals surface area contributed by atoms with Crippen LogP contribution in [0.25, 0.3) is 0 Å². The van der Waals surface area contributed by atoms with E-state index in [9.17, 15) is 13.2 Å². The number of likely N-dealkylation sites (N-methyl/N-ethyl adjacent to an activating group) is 1. The lowest BCUT2D eigenvalue weighted by Gasteiger charge is -2.09. The predicted molar refractivity (Wildman–Crippen MR) is 44.8 cm³/mol. The fourth-order valence-electron chi connectivity index (χ4n) is 0.723. The minimum Gasteiger partial charge on any atom is -0.480 e. The molecule has 0 saturated heterocycles. The second kappa shape index (κ2) is 4.42. The van der Waals surface area contributed by atoms with Crippen LogP contribution in [0.3, 0.4) is 0 Å². The van der Waals surface area contributed by atoms with Gasteiger partial charge in [-0.1, -0.05) is 0 Å². The van der Waals surface area contributed by atoms with Crippen LogP contribution in [0.4, 0.5) is 0 Å². The number of carbonyl (C=O) groups is 1. The Morgan fingerprint density at radius 2 is 2.08 bits per heavy atom. The van der Waals surface area contributed by atoms with Gasteiger partial charge >= 0.3 is 5.97 Å². The van der Waals surface area contributed by atoms with E-state index in [4.69, 9.17) is 5.11 Å². The summed E-state index contributed by atoms with van der Waals surface area (Å²) in [6, 6.07) is -0.778. The van der Waals surface area contributed by atoms with Crippen LogP contribution in [-0.2, 0) is 14.6 Å². The molecule has 0 rings (SSSR count). The Labute approximate surface area is 71.7 Å². The third kappa shape index (κ3) is 5.09. The SMILES string of the molecule is CNC(CCS(C)(=O)=O)C(=O)O. The summed E-state index contributed by atoms with van der Waals surface area (Å²) in [5.41, 5.74) is 0. The number of aliphatic carboxylic acids is 1. The van der Waals surface area contributed by atoms with Gasteiger partial charge in [0.05, 0.1) is 5.75 Å². The minimum atomic E-state index is -3.07. The molecule has 0 fully saturated rings. The van der Waals surface area contributed by atoms with Crippen LogP contribution in [0.15, 0.2) is 0 Å². The predicted octanol–water partition coefficient (Wildman–Crippen LogP) is -0.906. The smallest absolute Gasteiger partial charge is 0.320 e. The highest BCUT2D eigenvalue weighted by Gasteiger charge is 2.16. The van der Waals surface area contributed by atoms with Crippen LogP contribution < -0.4 is 5.32 Å². The third-order valence-electron chi connectivity index (χ3n) is 1.42. The summed E-state index contributed by atoms with van der Waals surface area (Å²) in [5.74, 6) is -1.13. The van der Waals surface area contributed by atoms with Gasteiger partial charge in [-0.25, -0.2) is 8.42 Å². The summed E-state index contributed by atoms with van der Waals surface area (Å²) in [5, 5.41) is 11.0.